The van der Waals surface area contributed by atoms with Gasteiger partial charge < -0.3 is 19.5 Å². The Morgan fingerprint density at radius 2 is 1.62 bits per heavy atom. The molecule has 0 bridgehead atoms. The Bertz CT molecular complexity index is 1670. The summed E-state index contributed by atoms with van der Waals surface area (Å²) in [7, 11) is 3.15. The first-order valence-corrected chi connectivity index (χ1v) is 11.2. The molecule has 9 heteroatoms. The van der Waals surface area contributed by atoms with Gasteiger partial charge in [0.25, 0.3) is 11.6 Å². The maximum atomic E-state index is 12.6. The lowest BCUT2D eigenvalue weighted by molar-refractivity contribution is -0.384. The molecule has 1 heterocycles. The summed E-state index contributed by atoms with van der Waals surface area (Å²) in [5.41, 5.74) is 1.34. The summed E-state index contributed by atoms with van der Waals surface area (Å²) in [5, 5.41) is 16.3. The van der Waals surface area contributed by atoms with E-state index in [0.29, 0.717) is 34.2 Å². The van der Waals surface area contributed by atoms with Crippen molar-refractivity contribution in [3.8, 4) is 23.0 Å². The number of nitrogens with one attached hydrogen (secondary N) is 1. The topological polar surface area (TPSA) is 113 Å². The lowest BCUT2D eigenvalue weighted by Crippen LogP contribution is -2.12. The smallest absolute Gasteiger partial charge is 0.270 e. The number of benzene rings is 4. The summed E-state index contributed by atoms with van der Waals surface area (Å²) in [6.07, 6.45) is 1.67. The molecule has 0 aliphatic carbocycles. The van der Waals surface area contributed by atoms with Gasteiger partial charge >= 0.3 is 0 Å². The monoisotopic (exact) mass is 495 g/mol. The minimum absolute atomic E-state index is 0.141. The number of ether oxygens (including phenoxy) is 3. The van der Waals surface area contributed by atoms with Crippen molar-refractivity contribution in [2.75, 3.05) is 19.5 Å². The summed E-state index contributed by atoms with van der Waals surface area (Å²) < 4.78 is 17.0. The number of hydrogen-bond donors (Lipinski definition) is 1. The van der Waals surface area contributed by atoms with Crippen LogP contribution in [-0.2, 0) is 0 Å². The molecule has 9 nitrogen and oxygen atoms in total. The first-order valence-electron chi connectivity index (χ1n) is 11.2. The van der Waals surface area contributed by atoms with Crippen molar-refractivity contribution in [3.05, 3.63) is 101 Å². The summed E-state index contributed by atoms with van der Waals surface area (Å²) in [5.74, 6) is 1.97. The summed E-state index contributed by atoms with van der Waals surface area (Å²) in [6.45, 7) is 0. The second-order valence-electron chi connectivity index (χ2n) is 8.12. The molecule has 0 fully saturated rings. The lowest BCUT2D eigenvalue weighted by atomic mass is 10.1. The lowest BCUT2D eigenvalue weighted by Gasteiger charge is -2.13. The fourth-order valence-corrected chi connectivity index (χ4v) is 3.99. The number of aromatic nitrogens is 1. The molecule has 1 N–H and O–H groups in total. The SMILES string of the molecule is COc1cc2nccc(Oc3ccc4cc(NC(=O)c5cccc([N+](=O)[O-])c5)ccc4c3)c2cc1OC. The van der Waals surface area contributed by atoms with Gasteiger partial charge in [0.1, 0.15) is 11.5 Å². The third-order valence-electron chi connectivity index (χ3n) is 5.82. The minimum Gasteiger partial charge on any atom is -0.493 e. The number of carbonyl (C=O) groups excluding carboxylic acids is 1. The molecule has 1 aromatic heterocycles. The molecule has 0 spiro atoms. The molecule has 0 aliphatic heterocycles. The van der Waals surface area contributed by atoms with Crippen molar-refractivity contribution in [2.45, 2.75) is 0 Å². The number of nitro groups is 1. The van der Waals surface area contributed by atoms with E-state index in [-0.39, 0.29) is 11.3 Å². The van der Waals surface area contributed by atoms with Gasteiger partial charge in [0.15, 0.2) is 11.5 Å². The van der Waals surface area contributed by atoms with Crippen molar-refractivity contribution < 1.29 is 23.9 Å². The third kappa shape index (κ3) is 4.83. The van der Waals surface area contributed by atoms with E-state index in [2.05, 4.69) is 10.3 Å². The molecule has 5 aromatic rings. The summed E-state index contributed by atoms with van der Waals surface area (Å²) in [4.78, 5) is 27.5. The highest BCUT2D eigenvalue weighted by atomic mass is 16.6. The van der Waals surface area contributed by atoms with Crippen LogP contribution >= 0.6 is 0 Å². The van der Waals surface area contributed by atoms with Crippen LogP contribution in [0.2, 0.25) is 0 Å². The Labute approximate surface area is 211 Å². The van der Waals surface area contributed by atoms with Gasteiger partial charge in [0, 0.05) is 41.0 Å². The number of pyridine rings is 1. The Balaban J connectivity index is 1.39. The maximum Gasteiger partial charge on any atom is 0.270 e. The standard InChI is InChI=1S/C28H21N3O6/c1-35-26-15-23-24(16-27(26)36-2)29-11-10-25(23)37-22-9-7-17-12-20(8-6-18(17)14-22)30-28(32)19-4-3-5-21(13-19)31(33)34/h3-16H,1-2H3,(H,30,32). The van der Waals surface area contributed by atoms with Crippen molar-refractivity contribution in [1.29, 1.82) is 0 Å². The van der Waals surface area contributed by atoms with Gasteiger partial charge in [-0.05, 0) is 53.2 Å². The van der Waals surface area contributed by atoms with Crippen molar-refractivity contribution in [2.24, 2.45) is 0 Å². The van der Waals surface area contributed by atoms with Crippen LogP contribution in [0.25, 0.3) is 21.7 Å². The normalized spacial score (nSPS) is 10.8. The van der Waals surface area contributed by atoms with E-state index in [1.165, 1.54) is 24.3 Å². The molecule has 184 valence electrons. The van der Waals surface area contributed by atoms with Crippen molar-refractivity contribution in [1.82, 2.24) is 4.98 Å². The van der Waals surface area contributed by atoms with Gasteiger partial charge in [0.05, 0.1) is 24.7 Å². The van der Waals surface area contributed by atoms with Crippen LogP contribution in [0.1, 0.15) is 10.4 Å². The van der Waals surface area contributed by atoms with E-state index in [0.717, 1.165) is 16.2 Å². The zero-order chi connectivity index (χ0) is 25.9. The van der Waals surface area contributed by atoms with Gasteiger partial charge in [-0.15, -0.1) is 0 Å². The fraction of sp³-hybridized carbons (Fsp3) is 0.0714. The highest BCUT2D eigenvalue weighted by molar-refractivity contribution is 6.05. The number of methoxy groups -OCH3 is 2. The number of anilines is 1. The second-order valence-corrected chi connectivity index (χ2v) is 8.12. The molecule has 1 amide bonds. The Morgan fingerprint density at radius 3 is 2.41 bits per heavy atom. The van der Waals surface area contributed by atoms with E-state index in [9.17, 15) is 14.9 Å². The van der Waals surface area contributed by atoms with Crippen molar-refractivity contribution >= 4 is 39.0 Å². The molecular formula is C28H21N3O6. The van der Waals surface area contributed by atoms with Crippen LogP contribution in [0.4, 0.5) is 11.4 Å². The number of fused-ring (bicyclic) bond motifs is 2. The molecule has 0 aliphatic rings. The van der Waals surface area contributed by atoms with Gasteiger partial charge in [0.2, 0.25) is 0 Å². The van der Waals surface area contributed by atoms with Crippen LogP contribution in [-0.4, -0.2) is 30.0 Å². The highest BCUT2D eigenvalue weighted by Gasteiger charge is 2.13. The second kappa shape index (κ2) is 9.82. The number of rotatable bonds is 7. The molecule has 0 radical (unpaired) electrons. The first-order chi connectivity index (χ1) is 17.9. The first kappa shape index (κ1) is 23.6. The largest absolute Gasteiger partial charge is 0.493 e. The van der Waals surface area contributed by atoms with Gasteiger partial charge in [-0.2, -0.15) is 0 Å². The van der Waals surface area contributed by atoms with Gasteiger partial charge in [-0.3, -0.25) is 19.9 Å². The van der Waals surface area contributed by atoms with E-state index in [4.69, 9.17) is 14.2 Å². The fourth-order valence-electron chi connectivity index (χ4n) is 3.99. The summed E-state index contributed by atoms with van der Waals surface area (Å²) in [6, 6.07) is 22.1. The van der Waals surface area contributed by atoms with Crippen LogP contribution < -0.4 is 19.5 Å². The van der Waals surface area contributed by atoms with Crippen LogP contribution in [0.5, 0.6) is 23.0 Å². The number of carbonyl (C=O) groups is 1. The zero-order valence-electron chi connectivity index (χ0n) is 19.9. The Hall–Kier alpha value is -5.18. The summed E-state index contributed by atoms with van der Waals surface area (Å²) >= 11 is 0. The van der Waals surface area contributed by atoms with Crippen LogP contribution in [0.3, 0.4) is 0 Å². The molecule has 5 rings (SSSR count). The Kier molecular flexibility index (Phi) is 6.25. The molecule has 0 atom stereocenters. The number of nitro benzene ring substituents is 1. The van der Waals surface area contributed by atoms with Crippen LogP contribution in [0.15, 0.2) is 85.1 Å². The van der Waals surface area contributed by atoms with Gasteiger partial charge in [-0.1, -0.05) is 18.2 Å². The minimum atomic E-state index is -0.533. The third-order valence-corrected chi connectivity index (χ3v) is 5.82. The van der Waals surface area contributed by atoms with Gasteiger partial charge in [-0.25, -0.2) is 0 Å². The predicted octanol–water partition coefficient (Wildman–Crippen LogP) is 6.36. The molecule has 0 saturated carbocycles. The molecule has 0 unspecified atom stereocenters. The van der Waals surface area contributed by atoms with E-state index >= 15 is 0 Å². The maximum absolute atomic E-state index is 12.6. The number of nitrogens with zero attached hydrogens (tertiary/aromatic N) is 2. The quantitative estimate of drug-likeness (QED) is 0.206. The van der Waals surface area contributed by atoms with E-state index in [1.807, 2.05) is 36.4 Å². The van der Waals surface area contributed by atoms with Crippen LogP contribution in [0, 0.1) is 10.1 Å². The molecule has 0 saturated heterocycles. The Morgan fingerprint density at radius 1 is 0.865 bits per heavy atom. The van der Waals surface area contributed by atoms with Crippen molar-refractivity contribution in [3.63, 3.8) is 0 Å². The highest BCUT2D eigenvalue weighted by Crippen LogP contribution is 2.37. The van der Waals surface area contributed by atoms with E-state index < -0.39 is 10.8 Å². The number of amides is 1. The molecular weight excluding hydrogens is 474 g/mol. The number of hydrogen-bond acceptors (Lipinski definition) is 7. The van der Waals surface area contributed by atoms with E-state index in [1.54, 1.807) is 38.6 Å². The molecule has 4 aromatic carbocycles. The average molecular weight is 495 g/mol. The predicted molar refractivity (Wildman–Crippen MR) is 140 cm³/mol. The number of non-ortho nitro benzene ring substituents is 1. The average Bonchev–Trinajstić information content (AvgIpc) is 2.92. The molecule has 37 heavy (non-hydrogen) atoms. The zero-order valence-corrected chi connectivity index (χ0v) is 19.9.